The minimum atomic E-state index is -0.498. The zero-order valence-corrected chi connectivity index (χ0v) is 11.6. The summed E-state index contributed by atoms with van der Waals surface area (Å²) in [5.74, 6) is 0.257. The molecule has 0 N–H and O–H groups in total. The van der Waals surface area contributed by atoms with E-state index >= 15 is 0 Å². The lowest BCUT2D eigenvalue weighted by molar-refractivity contribution is -0.384. The molecule has 0 aromatic heterocycles. The Labute approximate surface area is 118 Å². The summed E-state index contributed by atoms with van der Waals surface area (Å²) in [6.45, 7) is 1.40. The number of Topliss-reactive ketones (excluding diaryl/α,β-unsaturated/α-hetero) is 1. The molecule has 1 aromatic carbocycles. The van der Waals surface area contributed by atoms with E-state index in [0.29, 0.717) is 11.3 Å². The molecular weight excluding hydrogens is 258 g/mol. The molecule has 0 saturated heterocycles. The second-order valence-corrected chi connectivity index (χ2v) is 5.23. The third kappa shape index (κ3) is 3.56. The third-order valence-electron chi connectivity index (χ3n) is 3.65. The highest BCUT2D eigenvalue weighted by atomic mass is 16.6. The molecule has 1 aliphatic carbocycles. The number of rotatable bonds is 4. The standard InChI is InChI=1S/C15H19NO4/c1-11(17)14-10-12(16(18)19)8-9-15(14)20-13-6-4-2-3-5-7-13/h8-10,13H,2-7H2,1H3. The summed E-state index contributed by atoms with van der Waals surface area (Å²) < 4.78 is 5.92. The maximum absolute atomic E-state index is 11.6. The summed E-state index contributed by atoms with van der Waals surface area (Å²) in [7, 11) is 0. The van der Waals surface area contributed by atoms with Crippen LogP contribution < -0.4 is 4.74 Å². The Morgan fingerprint density at radius 3 is 2.45 bits per heavy atom. The van der Waals surface area contributed by atoms with Crippen LogP contribution in [-0.2, 0) is 0 Å². The average molecular weight is 277 g/mol. The summed E-state index contributed by atoms with van der Waals surface area (Å²) >= 11 is 0. The lowest BCUT2D eigenvalue weighted by Crippen LogP contribution is -2.16. The summed E-state index contributed by atoms with van der Waals surface area (Å²) in [5, 5.41) is 10.8. The molecule has 0 atom stereocenters. The van der Waals surface area contributed by atoms with Crippen LogP contribution in [0.4, 0.5) is 5.69 Å². The number of hydrogen-bond donors (Lipinski definition) is 0. The zero-order valence-electron chi connectivity index (χ0n) is 11.6. The molecule has 5 nitrogen and oxygen atoms in total. The van der Waals surface area contributed by atoms with Gasteiger partial charge in [0.15, 0.2) is 5.78 Å². The van der Waals surface area contributed by atoms with E-state index in [2.05, 4.69) is 0 Å². The Balaban J connectivity index is 2.21. The van der Waals surface area contributed by atoms with Crippen molar-refractivity contribution in [1.29, 1.82) is 0 Å². The number of hydrogen-bond acceptors (Lipinski definition) is 4. The average Bonchev–Trinajstić information content (AvgIpc) is 2.67. The molecule has 2 rings (SSSR count). The zero-order chi connectivity index (χ0) is 14.5. The first kappa shape index (κ1) is 14.5. The van der Waals surface area contributed by atoms with Crippen LogP contribution in [0, 0.1) is 10.1 Å². The van der Waals surface area contributed by atoms with Gasteiger partial charge in [0.2, 0.25) is 0 Å². The van der Waals surface area contributed by atoms with Crippen molar-refractivity contribution in [3.8, 4) is 5.75 Å². The highest BCUT2D eigenvalue weighted by molar-refractivity contribution is 5.97. The molecule has 1 fully saturated rings. The molecule has 0 spiro atoms. The fraction of sp³-hybridized carbons (Fsp3) is 0.533. The number of carbonyl (C=O) groups is 1. The molecule has 1 aromatic rings. The molecule has 1 aliphatic rings. The largest absolute Gasteiger partial charge is 0.490 e. The summed E-state index contributed by atoms with van der Waals surface area (Å²) in [4.78, 5) is 21.9. The van der Waals surface area contributed by atoms with Gasteiger partial charge >= 0.3 is 0 Å². The minimum Gasteiger partial charge on any atom is -0.490 e. The van der Waals surface area contributed by atoms with Crippen molar-refractivity contribution in [1.82, 2.24) is 0 Å². The first-order valence-corrected chi connectivity index (χ1v) is 7.04. The van der Waals surface area contributed by atoms with Crippen molar-refractivity contribution in [3.63, 3.8) is 0 Å². The topological polar surface area (TPSA) is 69.4 Å². The van der Waals surface area contributed by atoms with Gasteiger partial charge in [-0.1, -0.05) is 12.8 Å². The van der Waals surface area contributed by atoms with Crippen molar-refractivity contribution in [3.05, 3.63) is 33.9 Å². The molecule has 0 radical (unpaired) electrons. The van der Waals surface area contributed by atoms with E-state index in [1.165, 1.54) is 31.9 Å². The summed E-state index contributed by atoms with van der Waals surface area (Å²) in [5.41, 5.74) is 0.215. The monoisotopic (exact) mass is 277 g/mol. The summed E-state index contributed by atoms with van der Waals surface area (Å²) in [6, 6.07) is 4.23. The first-order chi connectivity index (χ1) is 9.58. The van der Waals surface area contributed by atoms with Crippen molar-refractivity contribution in [2.45, 2.75) is 51.6 Å². The number of ether oxygens (including phenoxy) is 1. The van der Waals surface area contributed by atoms with Gasteiger partial charge in [0.05, 0.1) is 16.6 Å². The maximum Gasteiger partial charge on any atom is 0.270 e. The van der Waals surface area contributed by atoms with Gasteiger partial charge in [0.1, 0.15) is 5.75 Å². The van der Waals surface area contributed by atoms with Crippen molar-refractivity contribution < 1.29 is 14.5 Å². The number of non-ortho nitro benzene ring substituents is 1. The van der Waals surface area contributed by atoms with Crippen LogP contribution in [0.3, 0.4) is 0 Å². The Hall–Kier alpha value is -1.91. The first-order valence-electron chi connectivity index (χ1n) is 7.04. The van der Waals surface area contributed by atoms with E-state index in [1.54, 1.807) is 6.07 Å². The van der Waals surface area contributed by atoms with Crippen molar-refractivity contribution in [2.75, 3.05) is 0 Å². The van der Waals surface area contributed by atoms with Crippen LogP contribution in [-0.4, -0.2) is 16.8 Å². The second-order valence-electron chi connectivity index (χ2n) is 5.23. The van der Waals surface area contributed by atoms with Crippen LogP contribution in [0.2, 0.25) is 0 Å². The SMILES string of the molecule is CC(=O)c1cc([N+](=O)[O-])ccc1OC1CCCCCC1. The Bertz CT molecular complexity index is 505. The van der Waals surface area contributed by atoms with Crippen LogP contribution in [0.5, 0.6) is 5.75 Å². The van der Waals surface area contributed by atoms with Crippen molar-refractivity contribution >= 4 is 11.5 Å². The highest BCUT2D eigenvalue weighted by Crippen LogP contribution is 2.28. The molecule has 1 saturated carbocycles. The predicted molar refractivity (Wildman–Crippen MR) is 75.2 cm³/mol. The van der Waals surface area contributed by atoms with Gasteiger partial charge in [-0.05, 0) is 38.7 Å². The lowest BCUT2D eigenvalue weighted by atomic mass is 10.1. The highest BCUT2D eigenvalue weighted by Gasteiger charge is 2.19. The van der Waals surface area contributed by atoms with Gasteiger partial charge in [-0.2, -0.15) is 0 Å². The number of nitro groups is 1. The van der Waals surface area contributed by atoms with Crippen molar-refractivity contribution in [2.24, 2.45) is 0 Å². The van der Waals surface area contributed by atoms with E-state index in [1.807, 2.05) is 0 Å². The summed E-state index contributed by atoms with van der Waals surface area (Å²) in [6.07, 6.45) is 6.78. The van der Waals surface area contributed by atoms with Crippen LogP contribution in [0.15, 0.2) is 18.2 Å². The maximum atomic E-state index is 11.6. The molecule has 20 heavy (non-hydrogen) atoms. The fourth-order valence-corrected chi connectivity index (χ4v) is 2.55. The molecule has 0 amide bonds. The number of carbonyl (C=O) groups excluding carboxylic acids is 1. The number of nitro benzene ring substituents is 1. The van der Waals surface area contributed by atoms with E-state index < -0.39 is 4.92 Å². The van der Waals surface area contributed by atoms with Crippen LogP contribution >= 0.6 is 0 Å². The predicted octanol–water partition coefficient (Wildman–Crippen LogP) is 3.90. The van der Waals surface area contributed by atoms with Gasteiger partial charge in [-0.25, -0.2) is 0 Å². The Morgan fingerprint density at radius 2 is 1.90 bits per heavy atom. The van der Waals surface area contributed by atoms with Crippen LogP contribution in [0.1, 0.15) is 55.8 Å². The van der Waals surface area contributed by atoms with Gasteiger partial charge in [-0.15, -0.1) is 0 Å². The smallest absolute Gasteiger partial charge is 0.270 e. The molecule has 0 bridgehead atoms. The van der Waals surface area contributed by atoms with Gasteiger partial charge < -0.3 is 4.74 Å². The second kappa shape index (κ2) is 6.50. The normalized spacial score (nSPS) is 16.4. The molecule has 0 unspecified atom stereocenters. The number of nitrogens with zero attached hydrogens (tertiary/aromatic N) is 1. The molecule has 108 valence electrons. The Morgan fingerprint density at radius 1 is 1.25 bits per heavy atom. The molecule has 5 heteroatoms. The van der Waals surface area contributed by atoms with E-state index in [-0.39, 0.29) is 17.6 Å². The van der Waals surface area contributed by atoms with E-state index in [4.69, 9.17) is 4.74 Å². The quantitative estimate of drug-likeness (QED) is 0.362. The lowest BCUT2D eigenvalue weighted by Gasteiger charge is -2.18. The molecule has 0 aliphatic heterocycles. The van der Waals surface area contributed by atoms with E-state index in [9.17, 15) is 14.9 Å². The van der Waals surface area contributed by atoms with E-state index in [0.717, 1.165) is 25.7 Å². The van der Waals surface area contributed by atoms with Gasteiger partial charge in [0, 0.05) is 12.1 Å². The third-order valence-corrected chi connectivity index (χ3v) is 3.65. The van der Waals surface area contributed by atoms with Gasteiger partial charge in [0.25, 0.3) is 5.69 Å². The Kier molecular flexibility index (Phi) is 4.71. The number of ketones is 1. The van der Waals surface area contributed by atoms with Crippen LogP contribution in [0.25, 0.3) is 0 Å². The molecule has 0 heterocycles. The van der Waals surface area contributed by atoms with Gasteiger partial charge in [-0.3, -0.25) is 14.9 Å². The number of benzene rings is 1. The fourth-order valence-electron chi connectivity index (χ4n) is 2.55. The minimum absolute atomic E-state index is 0.0802. The molecular formula is C15H19NO4.